The summed E-state index contributed by atoms with van der Waals surface area (Å²) >= 11 is 5.87. The number of Topliss-reactive ketones (excluding diaryl/α,β-unsaturated/α-hetero) is 1. The highest BCUT2D eigenvalue weighted by atomic mass is 35.5. The van der Waals surface area contributed by atoms with Crippen LogP contribution in [-0.2, 0) is 14.3 Å². The molecule has 25 heavy (non-hydrogen) atoms. The molecule has 7 nitrogen and oxygen atoms in total. The van der Waals surface area contributed by atoms with E-state index in [-0.39, 0.29) is 24.8 Å². The molecule has 2 aromatic rings. The number of carbonyl (C=O) groups is 2. The van der Waals surface area contributed by atoms with Gasteiger partial charge in [0.1, 0.15) is 25.0 Å². The minimum absolute atomic E-state index is 0.0479. The van der Waals surface area contributed by atoms with Gasteiger partial charge in [0.25, 0.3) is 6.23 Å². The summed E-state index contributed by atoms with van der Waals surface area (Å²) in [7, 11) is 0. The highest BCUT2D eigenvalue weighted by Crippen LogP contribution is 2.28. The fraction of sp³-hybridized carbons (Fsp3) is 0.412. The maximum absolute atomic E-state index is 13.0. The Labute approximate surface area is 150 Å². The Morgan fingerprint density at radius 1 is 1.28 bits per heavy atom. The van der Waals surface area contributed by atoms with Crippen LogP contribution in [0.3, 0.4) is 0 Å². The summed E-state index contributed by atoms with van der Waals surface area (Å²) in [5.41, 5.74) is -0.964. The van der Waals surface area contributed by atoms with Crippen LogP contribution >= 0.6 is 11.6 Å². The summed E-state index contributed by atoms with van der Waals surface area (Å²) in [4.78, 5) is 28.3. The number of aromatic nitrogens is 3. The largest absolute Gasteiger partial charge is 0.465 e. The first-order valence-electron chi connectivity index (χ1n) is 7.80. The SMILES string of the molecule is CCC(=O)OCC(C)(C)C(=O)C(Oc1ccc(Cl)cc1)n1cncn1. The maximum atomic E-state index is 13.0. The number of hydrogen-bond donors (Lipinski definition) is 0. The van der Waals surface area contributed by atoms with Crippen molar-refractivity contribution in [2.75, 3.05) is 6.61 Å². The van der Waals surface area contributed by atoms with Crippen molar-refractivity contribution in [1.82, 2.24) is 14.8 Å². The zero-order chi connectivity index (χ0) is 18.4. The highest BCUT2D eigenvalue weighted by Gasteiger charge is 2.38. The minimum atomic E-state index is -1.04. The van der Waals surface area contributed by atoms with Crippen molar-refractivity contribution in [2.45, 2.75) is 33.4 Å². The average molecular weight is 366 g/mol. The second kappa shape index (κ2) is 8.11. The summed E-state index contributed by atoms with van der Waals surface area (Å²) in [5.74, 6) is -0.201. The summed E-state index contributed by atoms with van der Waals surface area (Å²) in [6, 6.07) is 6.63. The van der Waals surface area contributed by atoms with Gasteiger partial charge in [-0.15, -0.1) is 0 Å². The third kappa shape index (κ3) is 5.03. The number of halogens is 1. The Hall–Kier alpha value is -2.41. The molecule has 1 aromatic carbocycles. The molecule has 1 unspecified atom stereocenters. The number of benzene rings is 1. The van der Waals surface area contributed by atoms with E-state index in [1.165, 1.54) is 17.3 Å². The topological polar surface area (TPSA) is 83.3 Å². The third-order valence-electron chi connectivity index (χ3n) is 3.51. The molecular weight excluding hydrogens is 346 g/mol. The van der Waals surface area contributed by atoms with Gasteiger partial charge in [-0.05, 0) is 38.1 Å². The van der Waals surface area contributed by atoms with Gasteiger partial charge in [0.15, 0.2) is 0 Å². The fourth-order valence-corrected chi connectivity index (χ4v) is 2.10. The van der Waals surface area contributed by atoms with Crippen LogP contribution in [0.1, 0.15) is 33.4 Å². The van der Waals surface area contributed by atoms with Crippen molar-refractivity contribution in [3.05, 3.63) is 41.9 Å². The van der Waals surface area contributed by atoms with Crippen molar-refractivity contribution >= 4 is 23.4 Å². The molecule has 8 heteroatoms. The molecule has 0 aliphatic rings. The molecule has 0 amide bonds. The zero-order valence-electron chi connectivity index (χ0n) is 14.3. The van der Waals surface area contributed by atoms with Crippen molar-refractivity contribution < 1.29 is 19.1 Å². The van der Waals surface area contributed by atoms with Gasteiger partial charge in [0.2, 0.25) is 5.78 Å². The molecule has 0 fully saturated rings. The van der Waals surface area contributed by atoms with Gasteiger partial charge in [-0.1, -0.05) is 18.5 Å². The number of carbonyl (C=O) groups excluding carboxylic acids is 2. The van der Waals surface area contributed by atoms with Gasteiger partial charge < -0.3 is 9.47 Å². The second-order valence-electron chi connectivity index (χ2n) is 6.06. The number of nitrogens with zero attached hydrogens (tertiary/aromatic N) is 3. The average Bonchev–Trinajstić information content (AvgIpc) is 3.13. The first-order valence-corrected chi connectivity index (χ1v) is 8.17. The van der Waals surface area contributed by atoms with Crippen molar-refractivity contribution in [3.8, 4) is 5.75 Å². The Morgan fingerprint density at radius 3 is 2.52 bits per heavy atom. The molecule has 0 aliphatic heterocycles. The van der Waals surface area contributed by atoms with E-state index in [4.69, 9.17) is 21.1 Å². The first kappa shape index (κ1) is 18.9. The summed E-state index contributed by atoms with van der Waals surface area (Å²) < 4.78 is 12.3. The van der Waals surface area contributed by atoms with Crippen LogP contribution in [0.2, 0.25) is 5.02 Å². The van der Waals surface area contributed by atoms with E-state index in [1.54, 1.807) is 45.0 Å². The van der Waals surface area contributed by atoms with E-state index in [1.807, 2.05) is 0 Å². The minimum Gasteiger partial charge on any atom is -0.465 e. The Morgan fingerprint density at radius 2 is 1.96 bits per heavy atom. The second-order valence-corrected chi connectivity index (χ2v) is 6.50. The molecule has 1 aromatic heterocycles. The highest BCUT2D eigenvalue weighted by molar-refractivity contribution is 6.30. The molecule has 0 radical (unpaired) electrons. The van der Waals surface area contributed by atoms with E-state index >= 15 is 0 Å². The van der Waals surface area contributed by atoms with Crippen LogP contribution < -0.4 is 4.74 Å². The number of ketones is 1. The Balaban J connectivity index is 2.21. The molecule has 0 saturated carbocycles. The van der Waals surface area contributed by atoms with E-state index in [9.17, 15) is 9.59 Å². The quantitative estimate of drug-likeness (QED) is 0.668. The lowest BCUT2D eigenvalue weighted by molar-refractivity contribution is -0.152. The predicted octanol–water partition coefficient (Wildman–Crippen LogP) is 3.06. The van der Waals surface area contributed by atoms with Crippen molar-refractivity contribution in [2.24, 2.45) is 5.41 Å². The first-order chi connectivity index (χ1) is 11.8. The van der Waals surface area contributed by atoms with Crippen LogP contribution in [-0.4, -0.2) is 33.1 Å². The molecular formula is C17H20ClN3O4. The molecule has 0 bridgehead atoms. The standard InChI is InChI=1S/C17H20ClN3O4/c1-4-14(22)24-9-17(2,3)15(23)16(21-11-19-10-20-21)25-13-7-5-12(18)6-8-13/h5-8,10-11,16H,4,9H2,1-3H3. The molecule has 0 saturated heterocycles. The van der Waals surface area contributed by atoms with E-state index in [0.717, 1.165) is 0 Å². The molecule has 0 spiro atoms. The maximum Gasteiger partial charge on any atom is 0.305 e. The zero-order valence-corrected chi connectivity index (χ0v) is 15.1. The van der Waals surface area contributed by atoms with Gasteiger partial charge in [0, 0.05) is 11.4 Å². The lowest BCUT2D eigenvalue weighted by Gasteiger charge is -2.28. The molecule has 2 rings (SSSR count). The van der Waals surface area contributed by atoms with Gasteiger partial charge in [0.05, 0.1) is 5.41 Å². The van der Waals surface area contributed by atoms with Gasteiger partial charge in [-0.2, -0.15) is 5.10 Å². The van der Waals surface area contributed by atoms with Crippen LogP contribution in [0.5, 0.6) is 5.75 Å². The number of hydrogen-bond acceptors (Lipinski definition) is 6. The lowest BCUT2D eigenvalue weighted by Crippen LogP contribution is -2.39. The number of ether oxygens (including phenoxy) is 2. The lowest BCUT2D eigenvalue weighted by atomic mass is 9.88. The van der Waals surface area contributed by atoms with Gasteiger partial charge in [-0.25, -0.2) is 9.67 Å². The Bertz CT molecular complexity index is 714. The van der Waals surface area contributed by atoms with E-state index in [0.29, 0.717) is 10.8 Å². The Kier molecular flexibility index (Phi) is 6.14. The molecule has 0 aliphatic carbocycles. The third-order valence-corrected chi connectivity index (χ3v) is 3.76. The number of esters is 1. The molecule has 1 heterocycles. The normalized spacial score (nSPS) is 12.5. The smallest absolute Gasteiger partial charge is 0.305 e. The van der Waals surface area contributed by atoms with Crippen LogP contribution in [0.15, 0.2) is 36.9 Å². The molecule has 1 atom stereocenters. The molecule has 134 valence electrons. The number of rotatable bonds is 8. The fourth-order valence-electron chi connectivity index (χ4n) is 1.98. The van der Waals surface area contributed by atoms with Crippen molar-refractivity contribution in [1.29, 1.82) is 0 Å². The van der Waals surface area contributed by atoms with Gasteiger partial charge in [-0.3, -0.25) is 9.59 Å². The van der Waals surface area contributed by atoms with E-state index < -0.39 is 11.6 Å². The summed E-state index contributed by atoms with van der Waals surface area (Å²) in [6.45, 7) is 5.02. The van der Waals surface area contributed by atoms with Crippen LogP contribution in [0.4, 0.5) is 0 Å². The van der Waals surface area contributed by atoms with E-state index in [2.05, 4.69) is 10.1 Å². The van der Waals surface area contributed by atoms with Crippen LogP contribution in [0.25, 0.3) is 0 Å². The van der Waals surface area contributed by atoms with Gasteiger partial charge >= 0.3 is 5.97 Å². The summed E-state index contributed by atoms with van der Waals surface area (Å²) in [5, 5.41) is 4.56. The monoisotopic (exact) mass is 365 g/mol. The van der Waals surface area contributed by atoms with Crippen LogP contribution in [0, 0.1) is 5.41 Å². The molecule has 0 N–H and O–H groups in total. The van der Waals surface area contributed by atoms with Crippen molar-refractivity contribution in [3.63, 3.8) is 0 Å². The predicted molar refractivity (Wildman–Crippen MR) is 91.2 cm³/mol. The summed E-state index contributed by atoms with van der Waals surface area (Å²) in [6.07, 6.45) is 1.92.